The van der Waals surface area contributed by atoms with Crippen molar-refractivity contribution in [1.82, 2.24) is 9.47 Å². The fraction of sp³-hybridized carbons (Fsp3) is 0.381. The molecule has 4 rings (SSSR count). The summed E-state index contributed by atoms with van der Waals surface area (Å²) in [5.74, 6) is 0.481. The molecule has 0 bridgehead atoms. The number of pyridine rings is 1. The Morgan fingerprint density at radius 1 is 1.08 bits per heavy atom. The molecule has 1 aromatic heterocycles. The van der Waals surface area contributed by atoms with Gasteiger partial charge in [0, 0.05) is 49.9 Å². The summed E-state index contributed by atoms with van der Waals surface area (Å²) in [4.78, 5) is 38.6. The van der Waals surface area contributed by atoms with E-state index in [0.717, 1.165) is 24.0 Å². The Morgan fingerprint density at radius 3 is 2.58 bits per heavy atom. The van der Waals surface area contributed by atoms with Crippen LogP contribution in [0.1, 0.15) is 57.0 Å². The zero-order chi connectivity index (χ0) is 18.3. The van der Waals surface area contributed by atoms with E-state index >= 15 is 0 Å². The largest absolute Gasteiger partial charge is 0.339 e. The number of piperidine rings is 1. The molecule has 0 spiro atoms. The van der Waals surface area contributed by atoms with Crippen molar-refractivity contribution in [3.8, 4) is 0 Å². The summed E-state index contributed by atoms with van der Waals surface area (Å²) in [7, 11) is 1.75. The molecule has 1 aliphatic carbocycles. The van der Waals surface area contributed by atoms with Crippen LogP contribution in [0.4, 0.5) is 0 Å². The van der Waals surface area contributed by atoms with E-state index in [-0.39, 0.29) is 17.2 Å². The molecule has 0 N–H and O–H groups in total. The van der Waals surface area contributed by atoms with Crippen molar-refractivity contribution < 1.29 is 9.59 Å². The maximum atomic E-state index is 13.0. The first-order valence-electron chi connectivity index (χ1n) is 9.15. The minimum absolute atomic E-state index is 0.00511. The number of hydrogen-bond donors (Lipinski definition) is 0. The van der Waals surface area contributed by atoms with Gasteiger partial charge in [-0.15, -0.1) is 0 Å². The molecule has 134 valence electrons. The van der Waals surface area contributed by atoms with Crippen molar-refractivity contribution in [2.24, 2.45) is 7.05 Å². The molecule has 2 aliphatic rings. The summed E-state index contributed by atoms with van der Waals surface area (Å²) in [5, 5.41) is 0. The summed E-state index contributed by atoms with van der Waals surface area (Å²) in [5.41, 5.74) is 3.37. The van der Waals surface area contributed by atoms with Gasteiger partial charge in [-0.1, -0.05) is 12.1 Å². The number of carbonyl (C=O) groups is 2. The Balaban J connectivity index is 1.48. The molecule has 26 heavy (non-hydrogen) atoms. The van der Waals surface area contributed by atoms with Crippen molar-refractivity contribution in [2.45, 2.75) is 31.6 Å². The normalized spacial score (nSPS) is 17.4. The van der Waals surface area contributed by atoms with E-state index in [0.29, 0.717) is 43.0 Å². The number of aryl methyl sites for hydroxylation is 1. The molecule has 1 aliphatic heterocycles. The van der Waals surface area contributed by atoms with Gasteiger partial charge in [0.2, 0.25) is 0 Å². The van der Waals surface area contributed by atoms with Crippen LogP contribution in [0.25, 0.3) is 0 Å². The van der Waals surface area contributed by atoms with E-state index in [2.05, 4.69) is 0 Å². The molecule has 1 saturated heterocycles. The molecule has 2 heterocycles. The number of likely N-dealkylation sites (tertiary alicyclic amines) is 1. The Bertz CT molecular complexity index is 937. The number of fused-ring (bicyclic) bond motifs is 1. The zero-order valence-electron chi connectivity index (χ0n) is 14.9. The van der Waals surface area contributed by atoms with E-state index < -0.39 is 0 Å². The highest BCUT2D eigenvalue weighted by atomic mass is 16.2. The highest BCUT2D eigenvalue weighted by Gasteiger charge is 2.29. The summed E-state index contributed by atoms with van der Waals surface area (Å²) in [6.45, 7) is 1.35. The number of nitrogens with zero attached hydrogens (tertiary/aromatic N) is 2. The lowest BCUT2D eigenvalue weighted by molar-refractivity contribution is 0.0712. The molecular formula is C21H22N2O3. The number of ketones is 1. The highest BCUT2D eigenvalue weighted by molar-refractivity contribution is 6.05. The van der Waals surface area contributed by atoms with Gasteiger partial charge in [-0.05, 0) is 48.4 Å². The molecule has 1 aromatic carbocycles. The summed E-state index contributed by atoms with van der Waals surface area (Å²) >= 11 is 0. The first-order valence-corrected chi connectivity index (χ1v) is 9.15. The second-order valence-electron chi connectivity index (χ2n) is 7.23. The van der Waals surface area contributed by atoms with E-state index in [4.69, 9.17) is 0 Å². The van der Waals surface area contributed by atoms with Gasteiger partial charge in [0.1, 0.15) is 0 Å². The first kappa shape index (κ1) is 16.8. The van der Waals surface area contributed by atoms with Crippen molar-refractivity contribution in [2.75, 3.05) is 13.1 Å². The first-order chi connectivity index (χ1) is 12.5. The molecule has 5 heteroatoms. The van der Waals surface area contributed by atoms with E-state index in [1.54, 1.807) is 23.9 Å². The van der Waals surface area contributed by atoms with Crippen LogP contribution in [-0.2, 0) is 13.5 Å². The van der Waals surface area contributed by atoms with Crippen LogP contribution in [0.5, 0.6) is 0 Å². The predicted molar refractivity (Wildman–Crippen MR) is 98.7 cm³/mol. The lowest BCUT2D eigenvalue weighted by atomic mass is 9.89. The smallest absolute Gasteiger partial charge is 0.254 e. The van der Waals surface area contributed by atoms with Crippen LogP contribution in [0.15, 0.2) is 41.3 Å². The van der Waals surface area contributed by atoms with Crippen molar-refractivity contribution in [3.05, 3.63) is 69.1 Å². The molecule has 0 radical (unpaired) electrons. The maximum absolute atomic E-state index is 13.0. The van der Waals surface area contributed by atoms with Crippen LogP contribution in [0.3, 0.4) is 0 Å². The fourth-order valence-electron chi connectivity index (χ4n) is 4.10. The summed E-state index contributed by atoms with van der Waals surface area (Å²) < 4.78 is 1.57. The number of Topliss-reactive ketones (excluding diaryl/α,β-unsaturated/α-hetero) is 1. The Labute approximate surface area is 152 Å². The fourth-order valence-corrected chi connectivity index (χ4v) is 4.10. The predicted octanol–water partition coefficient (Wildman–Crippen LogP) is 2.53. The average Bonchev–Trinajstić information content (AvgIpc) is 3.05. The van der Waals surface area contributed by atoms with Crippen molar-refractivity contribution in [1.29, 1.82) is 0 Å². The van der Waals surface area contributed by atoms with Gasteiger partial charge in [-0.25, -0.2) is 0 Å². The topological polar surface area (TPSA) is 59.4 Å². The number of carbonyl (C=O) groups excluding carboxylic acids is 2. The minimum atomic E-state index is 0.00511. The third-order valence-corrected chi connectivity index (χ3v) is 5.69. The number of hydrogen-bond acceptors (Lipinski definition) is 3. The number of amides is 1. The van der Waals surface area contributed by atoms with Gasteiger partial charge in [-0.3, -0.25) is 14.4 Å². The van der Waals surface area contributed by atoms with Gasteiger partial charge in [0.05, 0.1) is 0 Å². The van der Waals surface area contributed by atoms with Crippen molar-refractivity contribution >= 4 is 11.7 Å². The molecular weight excluding hydrogens is 328 g/mol. The number of aromatic nitrogens is 1. The molecule has 0 saturated carbocycles. The Morgan fingerprint density at radius 2 is 1.85 bits per heavy atom. The summed E-state index contributed by atoms with van der Waals surface area (Å²) in [6, 6.07) is 9.18. The molecule has 1 fully saturated rings. The number of rotatable bonds is 2. The van der Waals surface area contributed by atoms with Gasteiger partial charge in [0.15, 0.2) is 5.78 Å². The number of benzene rings is 1. The summed E-state index contributed by atoms with van der Waals surface area (Å²) in [6.07, 6.45) is 4.68. The monoisotopic (exact) mass is 350 g/mol. The van der Waals surface area contributed by atoms with E-state index in [9.17, 15) is 14.4 Å². The Hall–Kier alpha value is -2.69. The van der Waals surface area contributed by atoms with E-state index in [1.165, 1.54) is 0 Å². The quantitative estimate of drug-likeness (QED) is 0.836. The zero-order valence-corrected chi connectivity index (χ0v) is 14.9. The maximum Gasteiger partial charge on any atom is 0.254 e. The van der Waals surface area contributed by atoms with Crippen LogP contribution >= 0.6 is 0 Å². The van der Waals surface area contributed by atoms with Crippen LogP contribution < -0.4 is 5.56 Å². The second-order valence-corrected chi connectivity index (χ2v) is 7.23. The lowest BCUT2D eigenvalue weighted by Gasteiger charge is -2.32. The van der Waals surface area contributed by atoms with Gasteiger partial charge in [0.25, 0.3) is 11.5 Å². The SMILES string of the molecule is Cn1ccc(C2CCN(C(=O)c3cccc4c3CCC4=O)CC2)cc1=O. The third-order valence-electron chi connectivity index (χ3n) is 5.69. The molecule has 0 unspecified atom stereocenters. The molecule has 1 amide bonds. The Kier molecular flexibility index (Phi) is 4.23. The molecule has 5 nitrogen and oxygen atoms in total. The van der Waals surface area contributed by atoms with Gasteiger partial charge < -0.3 is 9.47 Å². The van der Waals surface area contributed by atoms with Gasteiger partial charge in [-0.2, -0.15) is 0 Å². The standard InChI is InChI=1S/C21H22N2O3/c1-22-10-7-15(13-20(22)25)14-8-11-23(12-9-14)21(26)18-4-2-3-17-16(18)5-6-19(17)24/h2-4,7,10,13-14H,5-6,8-9,11-12H2,1H3. The molecule has 2 aromatic rings. The van der Waals surface area contributed by atoms with E-state index in [1.807, 2.05) is 29.2 Å². The highest BCUT2D eigenvalue weighted by Crippen LogP contribution is 2.30. The molecule has 0 atom stereocenters. The van der Waals surface area contributed by atoms with Gasteiger partial charge >= 0.3 is 0 Å². The minimum Gasteiger partial charge on any atom is -0.339 e. The van der Waals surface area contributed by atoms with Crippen LogP contribution in [0.2, 0.25) is 0 Å². The van der Waals surface area contributed by atoms with Crippen LogP contribution in [0, 0.1) is 0 Å². The third kappa shape index (κ3) is 2.87. The average molecular weight is 350 g/mol. The lowest BCUT2D eigenvalue weighted by Crippen LogP contribution is -2.38. The van der Waals surface area contributed by atoms with Crippen molar-refractivity contribution in [3.63, 3.8) is 0 Å². The van der Waals surface area contributed by atoms with Crippen LogP contribution in [-0.4, -0.2) is 34.2 Å². The second kappa shape index (κ2) is 6.56.